The standard InChI is InChI=1S/C11H13N2/c1-12-9-5-2-3-6-10(9)13-8-4-7-11(12)13/h2-3,5-6H,4,7-8H2,1H3/q+1. The second kappa shape index (κ2) is 2.34. The van der Waals surface area contributed by atoms with Gasteiger partial charge >= 0.3 is 0 Å². The van der Waals surface area contributed by atoms with E-state index < -0.39 is 0 Å². The fraction of sp³-hybridized carbons (Fsp3) is 0.364. The van der Waals surface area contributed by atoms with Gasteiger partial charge in [-0.15, -0.1) is 0 Å². The molecule has 0 N–H and O–H groups in total. The Hall–Kier alpha value is -1.31. The number of nitrogens with zero attached hydrogens (tertiary/aromatic N) is 2. The van der Waals surface area contributed by atoms with Gasteiger partial charge in [0.2, 0.25) is 0 Å². The van der Waals surface area contributed by atoms with Crippen LogP contribution >= 0.6 is 0 Å². The summed E-state index contributed by atoms with van der Waals surface area (Å²) in [5.74, 6) is 1.47. The third kappa shape index (κ3) is 0.804. The SMILES string of the molecule is C[n+]1c2n(c3ccccc31)CCC2. The van der Waals surface area contributed by atoms with E-state index in [4.69, 9.17) is 0 Å². The highest BCUT2D eigenvalue weighted by Crippen LogP contribution is 2.19. The number of hydrogen-bond donors (Lipinski definition) is 0. The first-order valence-electron chi connectivity index (χ1n) is 4.84. The van der Waals surface area contributed by atoms with E-state index in [1.54, 1.807) is 0 Å². The summed E-state index contributed by atoms with van der Waals surface area (Å²) in [4.78, 5) is 0. The van der Waals surface area contributed by atoms with E-state index in [0.29, 0.717) is 0 Å². The predicted octanol–water partition coefficient (Wildman–Crippen LogP) is 1.41. The van der Waals surface area contributed by atoms with Crippen molar-refractivity contribution in [1.82, 2.24) is 4.57 Å². The molecule has 1 aromatic carbocycles. The van der Waals surface area contributed by atoms with Crippen LogP contribution in [0.3, 0.4) is 0 Å². The Morgan fingerprint density at radius 3 is 3.08 bits per heavy atom. The first-order chi connectivity index (χ1) is 6.38. The molecule has 0 saturated carbocycles. The summed E-state index contributed by atoms with van der Waals surface area (Å²) in [6, 6.07) is 8.64. The lowest BCUT2D eigenvalue weighted by Gasteiger charge is -1.88. The average molecular weight is 173 g/mol. The van der Waals surface area contributed by atoms with Crippen LogP contribution in [-0.4, -0.2) is 4.57 Å². The molecule has 0 aliphatic carbocycles. The van der Waals surface area contributed by atoms with E-state index in [0.717, 1.165) is 0 Å². The van der Waals surface area contributed by atoms with Crippen LogP contribution in [0.2, 0.25) is 0 Å². The molecule has 0 spiro atoms. The number of aromatic nitrogens is 2. The average Bonchev–Trinajstić information content (AvgIpc) is 2.72. The molecule has 13 heavy (non-hydrogen) atoms. The minimum absolute atomic E-state index is 1.19. The van der Waals surface area contributed by atoms with Crippen LogP contribution in [-0.2, 0) is 20.0 Å². The maximum Gasteiger partial charge on any atom is 0.257 e. The fourth-order valence-corrected chi connectivity index (χ4v) is 2.38. The summed E-state index contributed by atoms with van der Waals surface area (Å²) in [6.07, 6.45) is 2.53. The Bertz CT molecular complexity index is 468. The molecule has 1 aromatic heterocycles. The number of hydrogen-bond acceptors (Lipinski definition) is 0. The number of benzene rings is 1. The van der Waals surface area contributed by atoms with Crippen molar-refractivity contribution in [1.29, 1.82) is 0 Å². The molecule has 2 heteroatoms. The highest BCUT2D eigenvalue weighted by atomic mass is 15.2. The Balaban J connectivity index is 2.49. The molecule has 2 aromatic rings. The summed E-state index contributed by atoms with van der Waals surface area (Å²) in [7, 11) is 2.17. The first kappa shape index (κ1) is 7.13. The van der Waals surface area contributed by atoms with E-state index in [9.17, 15) is 0 Å². The summed E-state index contributed by atoms with van der Waals surface area (Å²) < 4.78 is 4.76. The van der Waals surface area contributed by atoms with Crippen LogP contribution in [0.15, 0.2) is 24.3 Å². The van der Waals surface area contributed by atoms with E-state index >= 15 is 0 Å². The molecular formula is C11H13N2+. The summed E-state index contributed by atoms with van der Waals surface area (Å²) in [5, 5.41) is 0. The van der Waals surface area contributed by atoms with Crippen LogP contribution in [0.25, 0.3) is 11.0 Å². The minimum atomic E-state index is 1.19. The molecule has 66 valence electrons. The van der Waals surface area contributed by atoms with Crippen LogP contribution in [0.1, 0.15) is 12.2 Å². The molecule has 0 unspecified atom stereocenters. The zero-order chi connectivity index (χ0) is 8.84. The van der Waals surface area contributed by atoms with Gasteiger partial charge in [-0.1, -0.05) is 12.1 Å². The van der Waals surface area contributed by atoms with Crippen molar-refractivity contribution in [3.8, 4) is 0 Å². The molecule has 0 bridgehead atoms. The highest BCUT2D eigenvalue weighted by Gasteiger charge is 2.26. The van der Waals surface area contributed by atoms with Crippen molar-refractivity contribution in [2.45, 2.75) is 19.4 Å². The second-order valence-electron chi connectivity index (χ2n) is 3.72. The normalized spacial score (nSPS) is 15.2. The minimum Gasteiger partial charge on any atom is -0.230 e. The molecule has 0 atom stereocenters. The molecule has 3 rings (SSSR count). The van der Waals surface area contributed by atoms with Crippen molar-refractivity contribution in [2.24, 2.45) is 7.05 Å². The zero-order valence-electron chi connectivity index (χ0n) is 7.83. The van der Waals surface area contributed by atoms with Gasteiger partial charge in [0.1, 0.15) is 0 Å². The maximum atomic E-state index is 2.44. The lowest BCUT2D eigenvalue weighted by molar-refractivity contribution is -0.653. The van der Waals surface area contributed by atoms with Crippen LogP contribution in [0.4, 0.5) is 0 Å². The van der Waals surface area contributed by atoms with Gasteiger partial charge in [-0.05, 0) is 18.6 Å². The molecule has 1 aliphatic heterocycles. The molecule has 0 saturated heterocycles. The Morgan fingerprint density at radius 2 is 2.15 bits per heavy atom. The number of aryl methyl sites for hydroxylation is 2. The monoisotopic (exact) mass is 173 g/mol. The smallest absolute Gasteiger partial charge is 0.230 e. The van der Waals surface area contributed by atoms with E-state index in [1.807, 2.05) is 0 Å². The van der Waals surface area contributed by atoms with Gasteiger partial charge in [-0.2, -0.15) is 0 Å². The highest BCUT2D eigenvalue weighted by molar-refractivity contribution is 5.72. The van der Waals surface area contributed by atoms with E-state index in [1.165, 1.54) is 36.2 Å². The van der Waals surface area contributed by atoms with Crippen LogP contribution in [0.5, 0.6) is 0 Å². The van der Waals surface area contributed by atoms with E-state index in [-0.39, 0.29) is 0 Å². The molecule has 2 nitrogen and oxygen atoms in total. The van der Waals surface area contributed by atoms with Gasteiger partial charge < -0.3 is 0 Å². The number of fused-ring (bicyclic) bond motifs is 3. The zero-order valence-corrected chi connectivity index (χ0v) is 7.83. The quantitative estimate of drug-likeness (QED) is 0.533. The number of rotatable bonds is 0. The molecular weight excluding hydrogens is 160 g/mol. The topological polar surface area (TPSA) is 8.81 Å². The van der Waals surface area contributed by atoms with Gasteiger partial charge in [0.05, 0.1) is 20.0 Å². The largest absolute Gasteiger partial charge is 0.257 e. The first-order valence-corrected chi connectivity index (χ1v) is 4.84. The van der Waals surface area contributed by atoms with Crippen molar-refractivity contribution in [3.05, 3.63) is 30.1 Å². The Labute approximate surface area is 77.4 Å². The van der Waals surface area contributed by atoms with Gasteiger partial charge in [0, 0.05) is 0 Å². The van der Waals surface area contributed by atoms with Crippen molar-refractivity contribution in [3.63, 3.8) is 0 Å². The lowest BCUT2D eigenvalue weighted by atomic mass is 10.3. The molecule has 0 fully saturated rings. The maximum absolute atomic E-state index is 2.44. The van der Waals surface area contributed by atoms with Gasteiger partial charge in [0.15, 0.2) is 11.0 Å². The van der Waals surface area contributed by atoms with Gasteiger partial charge in [0.25, 0.3) is 5.82 Å². The van der Waals surface area contributed by atoms with E-state index in [2.05, 4.69) is 40.4 Å². The second-order valence-corrected chi connectivity index (χ2v) is 3.72. The summed E-state index contributed by atoms with van der Waals surface area (Å²) in [5.41, 5.74) is 2.75. The summed E-state index contributed by atoms with van der Waals surface area (Å²) >= 11 is 0. The Kier molecular flexibility index (Phi) is 1.29. The third-order valence-corrected chi connectivity index (χ3v) is 3.01. The van der Waals surface area contributed by atoms with Crippen molar-refractivity contribution >= 4 is 11.0 Å². The van der Waals surface area contributed by atoms with Crippen LogP contribution < -0.4 is 4.57 Å². The summed E-state index contributed by atoms with van der Waals surface area (Å²) in [6.45, 7) is 1.19. The molecule has 1 aliphatic rings. The molecule has 0 amide bonds. The Morgan fingerprint density at radius 1 is 1.31 bits per heavy atom. The van der Waals surface area contributed by atoms with Gasteiger partial charge in [-0.3, -0.25) is 0 Å². The fourth-order valence-electron chi connectivity index (χ4n) is 2.38. The van der Waals surface area contributed by atoms with Gasteiger partial charge in [-0.25, -0.2) is 9.13 Å². The molecule has 0 radical (unpaired) electrons. The number of para-hydroxylation sites is 2. The molecule has 2 heterocycles. The number of imidazole rings is 1. The van der Waals surface area contributed by atoms with Crippen molar-refractivity contribution in [2.75, 3.05) is 0 Å². The third-order valence-electron chi connectivity index (χ3n) is 3.01. The predicted molar refractivity (Wildman–Crippen MR) is 51.4 cm³/mol. The van der Waals surface area contributed by atoms with Crippen molar-refractivity contribution < 1.29 is 4.57 Å². The van der Waals surface area contributed by atoms with Crippen LogP contribution in [0, 0.1) is 0 Å². The lowest BCUT2D eigenvalue weighted by Crippen LogP contribution is -2.31.